The summed E-state index contributed by atoms with van der Waals surface area (Å²) in [6.45, 7) is 7.14. The van der Waals surface area contributed by atoms with Crippen molar-refractivity contribution in [2.75, 3.05) is 44.6 Å². The summed E-state index contributed by atoms with van der Waals surface area (Å²) in [5, 5.41) is 5.55. The number of hydrogen-bond acceptors (Lipinski definition) is 4. The molecule has 0 aliphatic carbocycles. The SMILES string of the molecule is CCCNC(=O)CN1CCN(C(=O)c2ccc(NC(C)=O)cc2)CC1. The van der Waals surface area contributed by atoms with Gasteiger partial charge in [0.15, 0.2) is 0 Å². The van der Waals surface area contributed by atoms with Gasteiger partial charge in [-0.05, 0) is 30.7 Å². The normalized spacial score (nSPS) is 14.9. The fourth-order valence-corrected chi connectivity index (χ4v) is 2.71. The first-order valence-corrected chi connectivity index (χ1v) is 8.65. The minimum atomic E-state index is -0.141. The summed E-state index contributed by atoms with van der Waals surface area (Å²) in [6, 6.07) is 6.89. The van der Waals surface area contributed by atoms with Crippen LogP contribution in [0.2, 0.25) is 0 Å². The first-order chi connectivity index (χ1) is 12.0. The standard InChI is InChI=1S/C18H26N4O3/c1-3-8-19-17(24)13-21-9-11-22(12-10-21)18(25)15-4-6-16(7-5-15)20-14(2)23/h4-7H,3,8-13H2,1-2H3,(H,19,24)(H,20,23). The highest BCUT2D eigenvalue weighted by Gasteiger charge is 2.23. The number of piperazine rings is 1. The summed E-state index contributed by atoms with van der Waals surface area (Å²) in [5.74, 6) is -0.127. The third-order valence-electron chi connectivity index (χ3n) is 4.05. The third kappa shape index (κ3) is 5.86. The Hall–Kier alpha value is -2.41. The molecule has 136 valence electrons. The largest absolute Gasteiger partial charge is 0.355 e. The Morgan fingerprint density at radius 3 is 2.24 bits per heavy atom. The Bertz CT molecular complexity index is 607. The molecule has 1 aliphatic heterocycles. The van der Waals surface area contributed by atoms with Gasteiger partial charge in [0.1, 0.15) is 0 Å². The second kappa shape index (κ2) is 9.17. The van der Waals surface area contributed by atoms with E-state index in [-0.39, 0.29) is 17.7 Å². The van der Waals surface area contributed by atoms with Gasteiger partial charge in [0.25, 0.3) is 5.91 Å². The molecule has 1 saturated heterocycles. The molecule has 3 amide bonds. The highest BCUT2D eigenvalue weighted by atomic mass is 16.2. The quantitative estimate of drug-likeness (QED) is 0.803. The van der Waals surface area contributed by atoms with Gasteiger partial charge in [0.2, 0.25) is 11.8 Å². The van der Waals surface area contributed by atoms with E-state index >= 15 is 0 Å². The van der Waals surface area contributed by atoms with Crippen molar-refractivity contribution in [3.05, 3.63) is 29.8 Å². The van der Waals surface area contributed by atoms with E-state index in [0.717, 1.165) is 6.42 Å². The van der Waals surface area contributed by atoms with Crippen LogP contribution in [-0.4, -0.2) is 66.8 Å². The number of carbonyl (C=O) groups excluding carboxylic acids is 3. The third-order valence-corrected chi connectivity index (χ3v) is 4.05. The van der Waals surface area contributed by atoms with Gasteiger partial charge in [-0.3, -0.25) is 19.3 Å². The molecular formula is C18H26N4O3. The maximum absolute atomic E-state index is 12.5. The fourth-order valence-electron chi connectivity index (χ4n) is 2.71. The average Bonchev–Trinajstić information content (AvgIpc) is 2.60. The highest BCUT2D eigenvalue weighted by molar-refractivity contribution is 5.95. The Labute approximate surface area is 148 Å². The van der Waals surface area contributed by atoms with Gasteiger partial charge in [-0.25, -0.2) is 0 Å². The summed E-state index contributed by atoms with van der Waals surface area (Å²) in [4.78, 5) is 39.2. The zero-order valence-corrected chi connectivity index (χ0v) is 14.9. The van der Waals surface area contributed by atoms with Crippen molar-refractivity contribution in [2.45, 2.75) is 20.3 Å². The van der Waals surface area contributed by atoms with Gasteiger partial charge in [-0.15, -0.1) is 0 Å². The van der Waals surface area contributed by atoms with Crippen LogP contribution in [0.25, 0.3) is 0 Å². The highest BCUT2D eigenvalue weighted by Crippen LogP contribution is 2.13. The molecular weight excluding hydrogens is 320 g/mol. The number of anilines is 1. The van der Waals surface area contributed by atoms with Crippen LogP contribution in [0.4, 0.5) is 5.69 Å². The lowest BCUT2D eigenvalue weighted by Gasteiger charge is -2.34. The molecule has 2 rings (SSSR count). The second-order valence-corrected chi connectivity index (χ2v) is 6.18. The van der Waals surface area contributed by atoms with Crippen molar-refractivity contribution >= 4 is 23.4 Å². The number of carbonyl (C=O) groups is 3. The molecule has 1 aliphatic rings. The lowest BCUT2D eigenvalue weighted by Crippen LogP contribution is -2.51. The van der Waals surface area contributed by atoms with E-state index in [1.807, 2.05) is 6.92 Å². The van der Waals surface area contributed by atoms with E-state index in [9.17, 15) is 14.4 Å². The summed E-state index contributed by atoms with van der Waals surface area (Å²) in [5.41, 5.74) is 1.27. The predicted molar refractivity (Wildman–Crippen MR) is 96.4 cm³/mol. The van der Waals surface area contributed by atoms with Crippen molar-refractivity contribution in [3.63, 3.8) is 0 Å². The molecule has 7 heteroatoms. The van der Waals surface area contributed by atoms with Crippen LogP contribution in [0.15, 0.2) is 24.3 Å². The molecule has 0 bridgehead atoms. The molecule has 1 fully saturated rings. The van der Waals surface area contributed by atoms with Gasteiger partial charge in [-0.1, -0.05) is 6.92 Å². The topological polar surface area (TPSA) is 81.8 Å². The summed E-state index contributed by atoms with van der Waals surface area (Å²) < 4.78 is 0. The van der Waals surface area contributed by atoms with E-state index < -0.39 is 0 Å². The average molecular weight is 346 g/mol. The molecule has 0 atom stereocenters. The molecule has 1 aromatic carbocycles. The van der Waals surface area contributed by atoms with E-state index in [0.29, 0.717) is 50.5 Å². The molecule has 0 unspecified atom stereocenters. The van der Waals surface area contributed by atoms with Crippen molar-refractivity contribution in [3.8, 4) is 0 Å². The van der Waals surface area contributed by atoms with E-state index in [1.165, 1.54) is 6.92 Å². The second-order valence-electron chi connectivity index (χ2n) is 6.18. The molecule has 0 saturated carbocycles. The van der Waals surface area contributed by atoms with Gasteiger partial charge < -0.3 is 15.5 Å². The number of amides is 3. The molecule has 2 N–H and O–H groups in total. The van der Waals surface area contributed by atoms with Gasteiger partial charge in [0, 0.05) is 50.9 Å². The monoisotopic (exact) mass is 346 g/mol. The Morgan fingerprint density at radius 2 is 1.68 bits per heavy atom. The molecule has 25 heavy (non-hydrogen) atoms. The number of nitrogens with one attached hydrogen (secondary N) is 2. The first kappa shape index (κ1) is 18.9. The Kier molecular flexibility index (Phi) is 6.94. The van der Waals surface area contributed by atoms with Crippen molar-refractivity contribution in [1.82, 2.24) is 15.1 Å². The zero-order valence-electron chi connectivity index (χ0n) is 14.9. The van der Waals surface area contributed by atoms with Gasteiger partial charge in [0.05, 0.1) is 6.54 Å². The molecule has 0 aromatic heterocycles. The molecule has 0 radical (unpaired) electrons. The van der Waals surface area contributed by atoms with Gasteiger partial charge in [-0.2, -0.15) is 0 Å². The smallest absolute Gasteiger partial charge is 0.253 e. The van der Waals surface area contributed by atoms with Crippen LogP contribution in [0.1, 0.15) is 30.6 Å². The molecule has 0 spiro atoms. The number of rotatable bonds is 6. The Balaban J connectivity index is 1.82. The minimum Gasteiger partial charge on any atom is -0.355 e. The van der Waals surface area contributed by atoms with Crippen molar-refractivity contribution in [1.29, 1.82) is 0 Å². The van der Waals surface area contributed by atoms with E-state index in [2.05, 4.69) is 15.5 Å². The lowest BCUT2D eigenvalue weighted by molar-refractivity contribution is -0.122. The first-order valence-electron chi connectivity index (χ1n) is 8.65. The fraction of sp³-hybridized carbons (Fsp3) is 0.500. The molecule has 1 aromatic rings. The lowest BCUT2D eigenvalue weighted by atomic mass is 10.1. The van der Waals surface area contributed by atoms with Crippen LogP contribution in [-0.2, 0) is 9.59 Å². The van der Waals surface area contributed by atoms with Gasteiger partial charge >= 0.3 is 0 Å². The van der Waals surface area contributed by atoms with E-state index in [1.54, 1.807) is 29.2 Å². The van der Waals surface area contributed by atoms with Crippen molar-refractivity contribution < 1.29 is 14.4 Å². The summed E-state index contributed by atoms with van der Waals surface area (Å²) in [7, 11) is 0. The van der Waals surface area contributed by atoms with Crippen molar-refractivity contribution in [2.24, 2.45) is 0 Å². The zero-order chi connectivity index (χ0) is 18.2. The number of hydrogen-bond donors (Lipinski definition) is 2. The summed E-state index contributed by atoms with van der Waals surface area (Å²) in [6.07, 6.45) is 0.925. The summed E-state index contributed by atoms with van der Waals surface area (Å²) >= 11 is 0. The van der Waals surface area contributed by atoms with Crippen LogP contribution >= 0.6 is 0 Å². The molecule has 7 nitrogen and oxygen atoms in total. The Morgan fingerprint density at radius 1 is 1.04 bits per heavy atom. The number of benzene rings is 1. The maximum Gasteiger partial charge on any atom is 0.253 e. The molecule has 1 heterocycles. The maximum atomic E-state index is 12.5. The van der Waals surface area contributed by atoms with Crippen LogP contribution < -0.4 is 10.6 Å². The minimum absolute atomic E-state index is 0.0236. The van der Waals surface area contributed by atoms with Crippen LogP contribution in [0, 0.1) is 0 Å². The number of nitrogens with zero attached hydrogens (tertiary/aromatic N) is 2. The van der Waals surface area contributed by atoms with Crippen LogP contribution in [0.3, 0.4) is 0 Å². The van der Waals surface area contributed by atoms with Crippen LogP contribution in [0.5, 0.6) is 0 Å². The van der Waals surface area contributed by atoms with E-state index in [4.69, 9.17) is 0 Å². The predicted octanol–water partition coefficient (Wildman–Crippen LogP) is 0.929.